The van der Waals surface area contributed by atoms with Crippen molar-refractivity contribution in [1.82, 2.24) is 0 Å². The van der Waals surface area contributed by atoms with Gasteiger partial charge in [0, 0.05) is 15.4 Å². The fourth-order valence-electron chi connectivity index (χ4n) is 2.40. The number of fused-ring (bicyclic) bond motifs is 1. The van der Waals surface area contributed by atoms with Crippen LogP contribution in [0, 0.1) is 6.92 Å². The molecule has 0 radical (unpaired) electrons. The van der Waals surface area contributed by atoms with Crippen LogP contribution in [0.5, 0.6) is 5.75 Å². The highest BCUT2D eigenvalue weighted by Gasteiger charge is 2.15. The molecular formula is C18H13BrO5. The Morgan fingerprint density at radius 1 is 1.25 bits per heavy atom. The van der Waals surface area contributed by atoms with Crippen molar-refractivity contribution in [2.24, 2.45) is 0 Å². The summed E-state index contributed by atoms with van der Waals surface area (Å²) in [5.74, 6) is -0.730. The van der Waals surface area contributed by atoms with E-state index in [1.165, 1.54) is 6.07 Å². The second-order valence-corrected chi connectivity index (χ2v) is 6.19. The maximum absolute atomic E-state index is 11.8. The van der Waals surface area contributed by atoms with Gasteiger partial charge in [0.1, 0.15) is 23.5 Å². The van der Waals surface area contributed by atoms with E-state index in [1.54, 1.807) is 19.1 Å². The van der Waals surface area contributed by atoms with Gasteiger partial charge in [0.05, 0.1) is 0 Å². The van der Waals surface area contributed by atoms with Crippen molar-refractivity contribution in [2.45, 2.75) is 13.5 Å². The molecule has 0 spiro atoms. The van der Waals surface area contributed by atoms with Crippen molar-refractivity contribution in [3.05, 3.63) is 74.0 Å². The van der Waals surface area contributed by atoms with Crippen LogP contribution in [0.4, 0.5) is 0 Å². The highest BCUT2D eigenvalue weighted by molar-refractivity contribution is 9.10. The molecular weight excluding hydrogens is 376 g/mol. The third-order valence-corrected chi connectivity index (χ3v) is 4.11. The number of benzene rings is 2. The zero-order chi connectivity index (χ0) is 17.3. The maximum atomic E-state index is 11.8. The number of hydrogen-bond donors (Lipinski definition) is 1. The summed E-state index contributed by atoms with van der Waals surface area (Å²) in [6.07, 6.45) is 0. The van der Waals surface area contributed by atoms with Gasteiger partial charge in [-0.1, -0.05) is 28.1 Å². The molecule has 24 heavy (non-hydrogen) atoms. The first-order chi connectivity index (χ1) is 11.5. The van der Waals surface area contributed by atoms with Crippen LogP contribution in [0.15, 0.2) is 56.1 Å². The number of ether oxygens (including phenoxy) is 1. The van der Waals surface area contributed by atoms with Gasteiger partial charge in [-0.15, -0.1) is 0 Å². The Hall–Kier alpha value is -2.60. The van der Waals surface area contributed by atoms with E-state index < -0.39 is 11.6 Å². The Balaban J connectivity index is 1.95. The number of rotatable bonds is 4. The molecule has 0 fully saturated rings. The van der Waals surface area contributed by atoms with E-state index in [1.807, 2.05) is 24.3 Å². The molecule has 0 aliphatic carbocycles. The summed E-state index contributed by atoms with van der Waals surface area (Å²) in [6, 6.07) is 12.5. The third kappa shape index (κ3) is 3.19. The topological polar surface area (TPSA) is 76.7 Å². The molecule has 0 aliphatic rings. The Morgan fingerprint density at radius 3 is 2.75 bits per heavy atom. The number of hydrogen-bond acceptors (Lipinski definition) is 4. The molecule has 3 aromatic rings. The summed E-state index contributed by atoms with van der Waals surface area (Å²) in [6.45, 7) is 2.13. The number of aryl methyl sites for hydroxylation is 1. The molecule has 122 valence electrons. The predicted molar refractivity (Wildman–Crippen MR) is 92.7 cm³/mol. The Kier molecular flexibility index (Phi) is 4.40. The maximum Gasteiger partial charge on any atom is 0.351 e. The number of carbonyl (C=O) groups is 1. The molecule has 0 saturated heterocycles. The lowest BCUT2D eigenvalue weighted by molar-refractivity contribution is 0.0692. The van der Waals surface area contributed by atoms with E-state index in [2.05, 4.69) is 15.9 Å². The van der Waals surface area contributed by atoms with Crippen LogP contribution < -0.4 is 10.4 Å². The smallest absolute Gasteiger partial charge is 0.351 e. The van der Waals surface area contributed by atoms with Gasteiger partial charge >= 0.3 is 11.6 Å². The first-order valence-electron chi connectivity index (χ1n) is 7.13. The monoisotopic (exact) mass is 388 g/mol. The minimum Gasteiger partial charge on any atom is -0.488 e. The molecule has 3 rings (SSSR count). The molecule has 0 unspecified atom stereocenters. The van der Waals surface area contributed by atoms with E-state index in [9.17, 15) is 9.59 Å². The van der Waals surface area contributed by atoms with Crippen molar-refractivity contribution < 1.29 is 19.1 Å². The van der Waals surface area contributed by atoms with Gasteiger partial charge in [0.25, 0.3) is 0 Å². The molecule has 0 atom stereocenters. The minimum absolute atomic E-state index is 0.330. The van der Waals surface area contributed by atoms with Gasteiger partial charge in [-0.25, -0.2) is 9.59 Å². The van der Waals surface area contributed by atoms with Gasteiger partial charge < -0.3 is 14.3 Å². The molecule has 0 aliphatic heterocycles. The summed E-state index contributed by atoms with van der Waals surface area (Å²) >= 11 is 3.41. The number of carboxylic acids is 1. The standard InChI is InChI=1S/C18H13BrO5/c1-10-15(23-9-11-3-2-4-13(19)7-11)6-5-12-8-14(17(20)21)18(22)24-16(10)12/h2-8H,9H2,1H3,(H,20,21). The largest absolute Gasteiger partial charge is 0.488 e. The van der Waals surface area contributed by atoms with Crippen molar-refractivity contribution >= 4 is 32.9 Å². The number of carboxylic acid groups (broad SMARTS) is 1. The zero-order valence-corrected chi connectivity index (χ0v) is 14.3. The molecule has 6 heteroatoms. The lowest BCUT2D eigenvalue weighted by atomic mass is 10.1. The number of halogens is 1. The van der Waals surface area contributed by atoms with E-state index in [0.717, 1.165) is 10.0 Å². The second kappa shape index (κ2) is 6.49. The quantitative estimate of drug-likeness (QED) is 0.679. The molecule has 1 aromatic heterocycles. The van der Waals surface area contributed by atoms with Crippen LogP contribution in [-0.4, -0.2) is 11.1 Å². The van der Waals surface area contributed by atoms with Crippen LogP contribution in [0.1, 0.15) is 21.5 Å². The minimum atomic E-state index is -1.31. The van der Waals surface area contributed by atoms with Gasteiger partial charge in [-0.3, -0.25) is 0 Å². The van der Waals surface area contributed by atoms with Crippen molar-refractivity contribution in [3.8, 4) is 5.75 Å². The first kappa shape index (κ1) is 16.3. The Labute approximate surface area is 145 Å². The molecule has 0 saturated carbocycles. The highest BCUT2D eigenvalue weighted by Crippen LogP contribution is 2.27. The van der Waals surface area contributed by atoms with Crippen molar-refractivity contribution in [1.29, 1.82) is 0 Å². The lowest BCUT2D eigenvalue weighted by Gasteiger charge is -2.11. The summed E-state index contributed by atoms with van der Waals surface area (Å²) in [4.78, 5) is 22.8. The molecule has 0 bridgehead atoms. The second-order valence-electron chi connectivity index (χ2n) is 5.28. The van der Waals surface area contributed by atoms with Crippen LogP contribution in [0.3, 0.4) is 0 Å². The van der Waals surface area contributed by atoms with Crippen LogP contribution in [-0.2, 0) is 6.61 Å². The summed E-state index contributed by atoms with van der Waals surface area (Å²) in [5.41, 5.74) is 0.715. The fourth-order valence-corrected chi connectivity index (χ4v) is 2.85. The molecule has 1 heterocycles. The first-order valence-corrected chi connectivity index (χ1v) is 7.93. The lowest BCUT2D eigenvalue weighted by Crippen LogP contribution is -2.13. The van der Waals surface area contributed by atoms with Crippen LogP contribution in [0.2, 0.25) is 0 Å². The van der Waals surface area contributed by atoms with Gasteiger partial charge in [-0.2, -0.15) is 0 Å². The van der Waals surface area contributed by atoms with E-state index >= 15 is 0 Å². The molecule has 0 amide bonds. The van der Waals surface area contributed by atoms with Gasteiger partial charge in [-0.05, 0) is 42.8 Å². The number of aromatic carboxylic acids is 1. The SMILES string of the molecule is Cc1c(OCc2cccc(Br)c2)ccc2cc(C(=O)O)c(=O)oc12. The highest BCUT2D eigenvalue weighted by atomic mass is 79.9. The summed E-state index contributed by atoms with van der Waals surface area (Å²) in [5, 5.41) is 9.53. The van der Waals surface area contributed by atoms with Crippen LogP contribution >= 0.6 is 15.9 Å². The summed E-state index contributed by atoms with van der Waals surface area (Å²) < 4.78 is 11.9. The van der Waals surface area contributed by atoms with E-state index in [4.69, 9.17) is 14.3 Å². The third-order valence-electron chi connectivity index (χ3n) is 3.61. The Bertz CT molecular complexity index is 990. The van der Waals surface area contributed by atoms with Gasteiger partial charge in [0.2, 0.25) is 0 Å². The molecule has 5 nitrogen and oxygen atoms in total. The fraction of sp³-hybridized carbons (Fsp3) is 0.111. The normalized spacial score (nSPS) is 10.8. The summed E-state index contributed by atoms with van der Waals surface area (Å²) in [7, 11) is 0. The Morgan fingerprint density at radius 2 is 2.04 bits per heavy atom. The van der Waals surface area contributed by atoms with Crippen LogP contribution in [0.25, 0.3) is 11.0 Å². The molecule has 2 aromatic carbocycles. The van der Waals surface area contributed by atoms with Gasteiger partial charge in [0.15, 0.2) is 0 Å². The average Bonchev–Trinajstić information content (AvgIpc) is 2.54. The van der Waals surface area contributed by atoms with Crippen molar-refractivity contribution in [3.63, 3.8) is 0 Å². The average molecular weight is 389 g/mol. The van der Waals surface area contributed by atoms with E-state index in [0.29, 0.717) is 28.9 Å². The molecule has 1 N–H and O–H groups in total. The zero-order valence-electron chi connectivity index (χ0n) is 12.7. The van der Waals surface area contributed by atoms with Crippen molar-refractivity contribution in [2.75, 3.05) is 0 Å². The van der Waals surface area contributed by atoms with E-state index in [-0.39, 0.29) is 5.56 Å². The predicted octanol–water partition coefficient (Wildman–Crippen LogP) is 4.14.